The highest BCUT2D eigenvalue weighted by Crippen LogP contribution is 2.29. The summed E-state index contributed by atoms with van der Waals surface area (Å²) in [4.78, 5) is 63.2. The maximum atomic E-state index is 13.5. The Kier molecular flexibility index (Phi) is 22.3. The second-order valence-electron chi connectivity index (χ2n) is 15.4. The lowest BCUT2D eigenvalue weighted by molar-refractivity contribution is -0.125. The third-order valence-corrected chi connectivity index (χ3v) is 11.7. The van der Waals surface area contributed by atoms with Crippen molar-refractivity contribution >= 4 is 41.2 Å². The Morgan fingerprint density at radius 2 is 1.18 bits per heavy atom. The summed E-state index contributed by atoms with van der Waals surface area (Å²) in [5.41, 5.74) is 5.63. The number of pyridine rings is 2. The van der Waals surface area contributed by atoms with E-state index in [1.54, 1.807) is 36.0 Å². The lowest BCUT2D eigenvalue weighted by atomic mass is 9.95. The van der Waals surface area contributed by atoms with Gasteiger partial charge in [-0.05, 0) is 72.0 Å². The number of hydrogen-bond donors (Lipinski definition) is 4. The number of amides is 2. The molecule has 1 aliphatic rings. The molecule has 0 saturated carbocycles. The summed E-state index contributed by atoms with van der Waals surface area (Å²) in [6, 6.07) is 26.1. The molecule has 0 radical (unpaired) electrons. The lowest BCUT2D eigenvalue weighted by Gasteiger charge is -2.29. The molecule has 16 nitrogen and oxygen atoms in total. The van der Waals surface area contributed by atoms with Gasteiger partial charge in [0, 0.05) is 76.7 Å². The predicted molar refractivity (Wildman–Crippen MR) is 248 cm³/mol. The van der Waals surface area contributed by atoms with E-state index in [4.69, 9.17) is 14.2 Å². The number of nitrogens with zero attached hydrogens (tertiary/aromatic N) is 5. The Labute approximate surface area is 385 Å². The van der Waals surface area contributed by atoms with Crippen LogP contribution in [0, 0.1) is 0 Å². The summed E-state index contributed by atoms with van der Waals surface area (Å²) in [6.07, 6.45) is 2.90. The quantitative estimate of drug-likeness (QED) is 0.0530. The molecule has 0 saturated heterocycles. The molecular formula is C48H62N6O10S. The van der Waals surface area contributed by atoms with Gasteiger partial charge in [-0.3, -0.25) is 19.4 Å². The van der Waals surface area contributed by atoms with Crippen LogP contribution >= 0.6 is 11.8 Å². The number of thioether (sulfide) groups is 1. The van der Waals surface area contributed by atoms with Crippen LogP contribution in [0.1, 0.15) is 68.3 Å². The molecule has 350 valence electrons. The summed E-state index contributed by atoms with van der Waals surface area (Å²) in [6.45, 7) is 6.39. The Morgan fingerprint density at radius 1 is 0.631 bits per heavy atom. The van der Waals surface area contributed by atoms with E-state index in [1.807, 2.05) is 40.1 Å². The van der Waals surface area contributed by atoms with Crippen LogP contribution in [0.15, 0.2) is 84.9 Å². The number of fused-ring (bicyclic) bond motifs is 2. The Morgan fingerprint density at radius 3 is 1.80 bits per heavy atom. The van der Waals surface area contributed by atoms with Crippen molar-refractivity contribution in [2.45, 2.75) is 51.7 Å². The van der Waals surface area contributed by atoms with Crippen molar-refractivity contribution in [3.8, 4) is 0 Å². The van der Waals surface area contributed by atoms with Gasteiger partial charge >= 0.3 is 11.9 Å². The molecule has 2 aromatic heterocycles. The highest BCUT2D eigenvalue weighted by molar-refractivity contribution is 7.99. The minimum Gasteiger partial charge on any atom is -0.477 e. The third kappa shape index (κ3) is 18.3. The fourth-order valence-electron chi connectivity index (χ4n) is 7.28. The smallest absolute Gasteiger partial charge is 0.354 e. The van der Waals surface area contributed by atoms with Crippen LogP contribution in [-0.4, -0.2) is 149 Å². The average molecular weight is 915 g/mol. The van der Waals surface area contributed by atoms with Gasteiger partial charge in [0.25, 0.3) is 0 Å². The van der Waals surface area contributed by atoms with E-state index in [0.717, 1.165) is 47.6 Å². The van der Waals surface area contributed by atoms with Crippen molar-refractivity contribution in [3.63, 3.8) is 0 Å². The number of nitrogens with one attached hydrogen (secondary N) is 1. The third-order valence-electron chi connectivity index (χ3n) is 10.7. The summed E-state index contributed by atoms with van der Waals surface area (Å²) >= 11 is 1.73. The standard InChI is InChI=1S/C48H62N6O10S/c55-25-21-52(35-40-11-5-13-42(50-40)47(58)59)22-28-63-30-31-64-29-24-53(36-41-12-6-14-43(51-41)48(60)61)23-27-62-26-7-32-65-33-20-49-45(56)18-19-46(57)54-34-39-10-2-1-8-37(39)16-17-38-9-3-4-15-44(38)54/h1-6,8-15,55H,7,16-36H2,(H,49,56)(H,58,59)(H,60,61). The molecule has 3 heterocycles. The van der Waals surface area contributed by atoms with E-state index in [0.29, 0.717) is 103 Å². The molecule has 4 aromatic rings. The van der Waals surface area contributed by atoms with Crippen molar-refractivity contribution in [2.75, 3.05) is 95.4 Å². The monoisotopic (exact) mass is 914 g/mol. The first-order valence-corrected chi connectivity index (χ1v) is 23.3. The first-order chi connectivity index (χ1) is 31.7. The first-order valence-electron chi connectivity index (χ1n) is 22.2. The highest BCUT2D eigenvalue weighted by atomic mass is 32.2. The molecule has 0 spiro atoms. The summed E-state index contributed by atoms with van der Waals surface area (Å²) in [5, 5.41) is 31.1. The summed E-state index contributed by atoms with van der Waals surface area (Å²) in [5.74, 6) is -0.749. The van der Waals surface area contributed by atoms with E-state index >= 15 is 0 Å². The van der Waals surface area contributed by atoms with Crippen LogP contribution in [0.4, 0.5) is 5.69 Å². The van der Waals surface area contributed by atoms with Gasteiger partial charge in [0.1, 0.15) is 11.4 Å². The van der Waals surface area contributed by atoms with E-state index in [9.17, 15) is 34.5 Å². The van der Waals surface area contributed by atoms with Gasteiger partial charge in [0.05, 0.1) is 57.6 Å². The molecule has 17 heteroatoms. The normalized spacial score (nSPS) is 12.4. The number of aromatic nitrogens is 2. The van der Waals surface area contributed by atoms with Gasteiger partial charge in [0.2, 0.25) is 11.8 Å². The molecule has 1 aliphatic heterocycles. The van der Waals surface area contributed by atoms with Crippen molar-refractivity contribution < 1.29 is 48.7 Å². The Hall–Kier alpha value is -5.27. The minimum atomic E-state index is -1.09. The van der Waals surface area contributed by atoms with Crippen molar-refractivity contribution in [1.29, 1.82) is 0 Å². The number of carbonyl (C=O) groups excluding carboxylic acids is 2. The average Bonchev–Trinajstić information content (AvgIpc) is 3.30. The molecular weight excluding hydrogens is 853 g/mol. The number of carbonyl (C=O) groups is 4. The number of benzene rings is 2. The largest absolute Gasteiger partial charge is 0.477 e. The number of aliphatic hydroxyl groups is 1. The number of ether oxygens (including phenoxy) is 3. The molecule has 0 atom stereocenters. The molecule has 0 unspecified atom stereocenters. The number of para-hydroxylation sites is 1. The van der Waals surface area contributed by atoms with Gasteiger partial charge in [0.15, 0.2) is 0 Å². The fourth-order valence-corrected chi connectivity index (χ4v) is 8.05. The van der Waals surface area contributed by atoms with Crippen molar-refractivity contribution in [1.82, 2.24) is 25.1 Å². The number of aromatic carboxylic acids is 2. The number of carboxylic acids is 2. The molecule has 0 bridgehead atoms. The van der Waals surface area contributed by atoms with Gasteiger partial charge in [-0.1, -0.05) is 54.6 Å². The maximum absolute atomic E-state index is 13.5. The molecule has 2 amide bonds. The van der Waals surface area contributed by atoms with Crippen molar-refractivity contribution in [3.05, 3.63) is 124 Å². The Bertz CT molecular complexity index is 2110. The van der Waals surface area contributed by atoms with Crippen LogP contribution in [0.3, 0.4) is 0 Å². The topological polar surface area (TPSA) is 204 Å². The number of aryl methyl sites for hydroxylation is 2. The number of anilines is 1. The zero-order valence-corrected chi connectivity index (χ0v) is 37.8. The van der Waals surface area contributed by atoms with E-state index in [2.05, 4.69) is 38.4 Å². The second kappa shape index (κ2) is 28.6. The number of aliphatic hydroxyl groups excluding tert-OH is 1. The summed E-state index contributed by atoms with van der Waals surface area (Å²) < 4.78 is 17.6. The highest BCUT2D eigenvalue weighted by Gasteiger charge is 2.23. The van der Waals surface area contributed by atoms with Crippen LogP contribution in [-0.2, 0) is 56.3 Å². The van der Waals surface area contributed by atoms with E-state index < -0.39 is 11.9 Å². The van der Waals surface area contributed by atoms with E-state index in [-0.39, 0.29) is 42.7 Å². The van der Waals surface area contributed by atoms with Crippen molar-refractivity contribution in [2.24, 2.45) is 0 Å². The van der Waals surface area contributed by atoms with Gasteiger partial charge in [-0.2, -0.15) is 11.8 Å². The van der Waals surface area contributed by atoms with Crippen LogP contribution in [0.5, 0.6) is 0 Å². The number of hydrogen-bond acceptors (Lipinski definition) is 13. The predicted octanol–water partition coefficient (Wildman–Crippen LogP) is 4.57. The van der Waals surface area contributed by atoms with Crippen LogP contribution in [0.2, 0.25) is 0 Å². The minimum absolute atomic E-state index is 0.0151. The molecule has 65 heavy (non-hydrogen) atoms. The van der Waals surface area contributed by atoms with Gasteiger partial charge < -0.3 is 39.7 Å². The lowest BCUT2D eigenvalue weighted by Crippen LogP contribution is -2.34. The van der Waals surface area contributed by atoms with Crippen LogP contribution in [0.25, 0.3) is 0 Å². The molecule has 2 aromatic carbocycles. The zero-order valence-electron chi connectivity index (χ0n) is 37.0. The molecule has 4 N–H and O–H groups in total. The molecule has 0 aliphatic carbocycles. The SMILES string of the molecule is O=C(CCC(=O)N1Cc2ccccc2CCc2ccccc21)NCCSCCCOCCN(CCOCCOCCN(CCO)Cc1cccc(C(=O)O)n1)Cc1cccc(C(=O)O)n1. The molecule has 0 fully saturated rings. The zero-order chi connectivity index (χ0) is 46.1. The van der Waals surface area contributed by atoms with E-state index in [1.165, 1.54) is 17.7 Å². The van der Waals surface area contributed by atoms with Gasteiger partial charge in [-0.25, -0.2) is 19.6 Å². The summed E-state index contributed by atoms with van der Waals surface area (Å²) in [7, 11) is 0. The fraction of sp³-hybridized carbons (Fsp3) is 0.458. The maximum Gasteiger partial charge on any atom is 0.354 e. The Balaban J connectivity index is 0.932. The number of rotatable bonds is 30. The van der Waals surface area contributed by atoms with Gasteiger partial charge in [-0.15, -0.1) is 0 Å². The second-order valence-corrected chi connectivity index (χ2v) is 16.7. The molecule has 5 rings (SSSR count). The van der Waals surface area contributed by atoms with Crippen LogP contribution < -0.4 is 10.2 Å². The first kappa shape index (κ1) is 50.7. The number of carboxylic acid groups (broad SMARTS) is 2.